The van der Waals surface area contributed by atoms with E-state index in [2.05, 4.69) is 57.6 Å². The molecule has 2 aliphatic rings. The van der Waals surface area contributed by atoms with Gasteiger partial charge in [-0.3, -0.25) is 9.69 Å². The van der Waals surface area contributed by atoms with Gasteiger partial charge in [0.05, 0.1) is 0 Å². The van der Waals surface area contributed by atoms with Gasteiger partial charge in [-0.25, -0.2) is 0 Å². The molecule has 0 aromatic heterocycles. The Hall–Kier alpha value is -2.33. The van der Waals surface area contributed by atoms with E-state index < -0.39 is 0 Å². The van der Waals surface area contributed by atoms with E-state index in [1.165, 1.54) is 16.8 Å². The lowest BCUT2D eigenvalue weighted by atomic mass is 10.00. The minimum Gasteiger partial charge on any atom is -0.369 e. The van der Waals surface area contributed by atoms with E-state index >= 15 is 0 Å². The molecule has 1 fully saturated rings. The zero-order valence-corrected chi connectivity index (χ0v) is 13.9. The first-order valence-electron chi connectivity index (χ1n) is 8.72. The number of fused-ring (bicyclic) bond motifs is 1. The summed E-state index contributed by atoms with van der Waals surface area (Å²) in [6, 6.07) is 16.9. The van der Waals surface area contributed by atoms with Crippen molar-refractivity contribution in [1.82, 2.24) is 4.90 Å². The molecule has 1 N–H and O–H groups in total. The molecule has 0 spiro atoms. The Labute approximate surface area is 143 Å². The molecule has 0 radical (unpaired) electrons. The summed E-state index contributed by atoms with van der Waals surface area (Å²) in [5.41, 5.74) is 4.97. The van der Waals surface area contributed by atoms with Crippen molar-refractivity contribution in [1.29, 1.82) is 0 Å². The minimum absolute atomic E-state index is 0.132. The van der Waals surface area contributed by atoms with E-state index in [9.17, 15) is 4.79 Å². The summed E-state index contributed by atoms with van der Waals surface area (Å²) in [7, 11) is 0. The molecule has 0 unspecified atom stereocenters. The van der Waals surface area contributed by atoms with Gasteiger partial charge >= 0.3 is 0 Å². The minimum atomic E-state index is 0.132. The van der Waals surface area contributed by atoms with Gasteiger partial charge in [0.25, 0.3) is 0 Å². The van der Waals surface area contributed by atoms with Crippen molar-refractivity contribution in [3.8, 4) is 0 Å². The van der Waals surface area contributed by atoms with Gasteiger partial charge in [-0.1, -0.05) is 36.4 Å². The monoisotopic (exact) mass is 321 g/mol. The van der Waals surface area contributed by atoms with Crippen LogP contribution in [0.3, 0.4) is 0 Å². The Bertz CT molecular complexity index is 721. The average Bonchev–Trinajstić information content (AvgIpc) is 2.62. The van der Waals surface area contributed by atoms with Crippen LogP contribution in [0.15, 0.2) is 48.5 Å². The number of hydrogen-bond donors (Lipinski definition) is 1. The molecule has 2 aromatic rings. The van der Waals surface area contributed by atoms with Gasteiger partial charge in [-0.15, -0.1) is 0 Å². The third-order valence-electron chi connectivity index (χ3n) is 4.99. The fourth-order valence-corrected chi connectivity index (χ4v) is 3.69. The molecule has 24 heavy (non-hydrogen) atoms. The van der Waals surface area contributed by atoms with Gasteiger partial charge in [0.2, 0.25) is 5.91 Å². The van der Waals surface area contributed by atoms with Gasteiger partial charge in [0.1, 0.15) is 0 Å². The number of carbonyl (C=O) groups excluding carboxylic acids is 1. The zero-order chi connectivity index (χ0) is 16.4. The lowest BCUT2D eigenvalue weighted by molar-refractivity contribution is -0.116. The van der Waals surface area contributed by atoms with Crippen LogP contribution in [-0.2, 0) is 17.8 Å². The van der Waals surface area contributed by atoms with E-state index in [0.717, 1.165) is 44.8 Å². The molecule has 0 saturated carbocycles. The maximum absolute atomic E-state index is 11.6. The van der Waals surface area contributed by atoms with Gasteiger partial charge in [0, 0.05) is 50.5 Å². The normalized spacial score (nSPS) is 18.2. The molecule has 4 heteroatoms. The molecular weight excluding hydrogens is 298 g/mol. The lowest BCUT2D eigenvalue weighted by Crippen LogP contribution is -2.46. The highest BCUT2D eigenvalue weighted by Gasteiger charge is 2.23. The first kappa shape index (κ1) is 15.2. The molecule has 4 rings (SSSR count). The Morgan fingerprint density at radius 1 is 0.875 bits per heavy atom. The van der Waals surface area contributed by atoms with E-state index in [-0.39, 0.29) is 5.91 Å². The first-order valence-corrected chi connectivity index (χ1v) is 8.72. The zero-order valence-electron chi connectivity index (χ0n) is 13.9. The molecule has 1 saturated heterocycles. The summed E-state index contributed by atoms with van der Waals surface area (Å²) in [4.78, 5) is 16.6. The number of nitrogens with zero attached hydrogens (tertiary/aromatic N) is 2. The number of nitrogens with one attached hydrogen (secondary N) is 1. The van der Waals surface area contributed by atoms with Crippen LogP contribution >= 0.6 is 0 Å². The van der Waals surface area contributed by atoms with Crippen molar-refractivity contribution in [3.63, 3.8) is 0 Å². The highest BCUT2D eigenvalue weighted by molar-refractivity contribution is 5.95. The fraction of sp³-hybridized carbons (Fsp3) is 0.350. The Balaban J connectivity index is 1.43. The summed E-state index contributed by atoms with van der Waals surface area (Å²) < 4.78 is 0. The molecule has 124 valence electrons. The lowest BCUT2D eigenvalue weighted by Gasteiger charge is -2.37. The number of hydrogen-bond acceptors (Lipinski definition) is 3. The molecule has 0 atom stereocenters. The molecule has 2 heterocycles. The Morgan fingerprint density at radius 3 is 2.46 bits per heavy atom. The van der Waals surface area contributed by atoms with E-state index in [1.807, 2.05) is 6.07 Å². The molecule has 2 aliphatic heterocycles. The summed E-state index contributed by atoms with van der Waals surface area (Å²) in [5.74, 6) is 0.132. The highest BCUT2D eigenvalue weighted by Crippen LogP contribution is 2.32. The Morgan fingerprint density at radius 2 is 1.67 bits per heavy atom. The first-order chi connectivity index (χ1) is 11.8. The van der Waals surface area contributed by atoms with Crippen molar-refractivity contribution < 1.29 is 4.79 Å². The number of rotatable bonds is 3. The second-order valence-corrected chi connectivity index (χ2v) is 6.60. The van der Waals surface area contributed by atoms with Gasteiger partial charge < -0.3 is 10.2 Å². The summed E-state index contributed by atoms with van der Waals surface area (Å²) >= 11 is 0. The summed E-state index contributed by atoms with van der Waals surface area (Å²) in [5, 5.41) is 3.00. The van der Waals surface area contributed by atoms with Crippen molar-refractivity contribution in [2.24, 2.45) is 0 Å². The van der Waals surface area contributed by atoms with Crippen molar-refractivity contribution in [3.05, 3.63) is 59.7 Å². The average molecular weight is 321 g/mol. The van der Waals surface area contributed by atoms with Crippen molar-refractivity contribution in [2.45, 2.75) is 19.4 Å². The van der Waals surface area contributed by atoms with Crippen LogP contribution in [0, 0.1) is 0 Å². The predicted octanol–water partition coefficient (Wildman–Crippen LogP) is 2.89. The number of carbonyl (C=O) groups is 1. The molecular formula is C20H23N3O. The third-order valence-corrected chi connectivity index (χ3v) is 4.99. The van der Waals surface area contributed by atoms with E-state index in [4.69, 9.17) is 0 Å². The SMILES string of the molecule is O=C1CCc2c(cccc2N2CCN(Cc3ccccc3)CC2)N1. The molecule has 2 aromatic carbocycles. The number of piperazine rings is 1. The van der Waals surface area contributed by atoms with E-state index in [1.54, 1.807) is 0 Å². The number of anilines is 2. The van der Waals surface area contributed by atoms with Crippen LogP contribution in [0.4, 0.5) is 11.4 Å². The Kier molecular flexibility index (Phi) is 4.22. The summed E-state index contributed by atoms with van der Waals surface area (Å²) in [6.07, 6.45) is 1.44. The van der Waals surface area contributed by atoms with Crippen LogP contribution in [0.2, 0.25) is 0 Å². The fourth-order valence-electron chi connectivity index (χ4n) is 3.69. The standard InChI is InChI=1S/C20H23N3O/c24-20-10-9-17-18(21-20)7-4-8-19(17)23-13-11-22(12-14-23)15-16-5-2-1-3-6-16/h1-8H,9-15H2,(H,21,24). The van der Waals surface area contributed by atoms with Gasteiger partial charge in [-0.05, 0) is 29.7 Å². The second kappa shape index (κ2) is 6.65. The van der Waals surface area contributed by atoms with Crippen LogP contribution in [-0.4, -0.2) is 37.0 Å². The number of benzene rings is 2. The molecule has 4 nitrogen and oxygen atoms in total. The highest BCUT2D eigenvalue weighted by atomic mass is 16.1. The molecule has 0 bridgehead atoms. The smallest absolute Gasteiger partial charge is 0.224 e. The topological polar surface area (TPSA) is 35.6 Å². The number of amides is 1. The quantitative estimate of drug-likeness (QED) is 0.944. The largest absolute Gasteiger partial charge is 0.369 e. The van der Waals surface area contributed by atoms with Gasteiger partial charge in [0.15, 0.2) is 0 Å². The van der Waals surface area contributed by atoms with Crippen LogP contribution < -0.4 is 10.2 Å². The predicted molar refractivity (Wildman–Crippen MR) is 97.3 cm³/mol. The molecule has 1 amide bonds. The van der Waals surface area contributed by atoms with Crippen molar-refractivity contribution in [2.75, 3.05) is 36.4 Å². The van der Waals surface area contributed by atoms with Crippen LogP contribution in [0.5, 0.6) is 0 Å². The molecule has 0 aliphatic carbocycles. The maximum Gasteiger partial charge on any atom is 0.224 e. The van der Waals surface area contributed by atoms with Crippen LogP contribution in [0.1, 0.15) is 17.5 Å². The maximum atomic E-state index is 11.6. The summed E-state index contributed by atoms with van der Waals surface area (Å²) in [6.45, 7) is 5.25. The van der Waals surface area contributed by atoms with E-state index in [0.29, 0.717) is 6.42 Å². The van der Waals surface area contributed by atoms with Crippen molar-refractivity contribution >= 4 is 17.3 Å². The van der Waals surface area contributed by atoms with Gasteiger partial charge in [-0.2, -0.15) is 0 Å². The third kappa shape index (κ3) is 3.15. The van der Waals surface area contributed by atoms with Crippen LogP contribution in [0.25, 0.3) is 0 Å². The second-order valence-electron chi connectivity index (χ2n) is 6.60.